The van der Waals surface area contributed by atoms with Crippen LogP contribution in [0.3, 0.4) is 0 Å². The third-order valence-corrected chi connectivity index (χ3v) is 7.02. The van der Waals surface area contributed by atoms with Crippen molar-refractivity contribution in [3.05, 3.63) is 0 Å². The molecule has 3 saturated heterocycles. The van der Waals surface area contributed by atoms with Crippen molar-refractivity contribution < 1.29 is 14.3 Å². The summed E-state index contributed by atoms with van der Waals surface area (Å²) >= 11 is 0. The lowest BCUT2D eigenvalue weighted by Crippen LogP contribution is -2.50. The van der Waals surface area contributed by atoms with Crippen molar-refractivity contribution in [3.63, 3.8) is 0 Å². The topological polar surface area (TPSA) is 61.9 Å². The fraction of sp³-hybridized carbons (Fsp3) is 0.895. The number of piperidine rings is 2. The smallest absolute Gasteiger partial charge is 0.312 e. The number of nitrogens with zero attached hydrogens (tertiary/aromatic N) is 2. The number of nitrogens with one attached hydrogen (secondary N) is 1. The highest BCUT2D eigenvalue weighted by Crippen LogP contribution is 2.53. The highest BCUT2D eigenvalue weighted by atomic mass is 16.5. The Hall–Kier alpha value is -1.14. The lowest BCUT2D eigenvalue weighted by Gasteiger charge is -2.38. The van der Waals surface area contributed by atoms with Gasteiger partial charge in [-0.3, -0.25) is 9.59 Å². The standard InChI is InChI=1S/C19H31N3O3/c1-25-16-12-22(13-19(16)6-7-19)18(24)17(23)21-10-2-3-15(11-21)14-4-8-20-9-5-14/h14-16,20H,2-13H2,1H3. The maximum Gasteiger partial charge on any atom is 0.312 e. The van der Waals surface area contributed by atoms with Gasteiger partial charge in [0.05, 0.1) is 6.10 Å². The zero-order valence-corrected chi connectivity index (χ0v) is 15.3. The Bertz CT molecular complexity index is 528. The van der Waals surface area contributed by atoms with E-state index in [1.165, 1.54) is 19.3 Å². The summed E-state index contributed by atoms with van der Waals surface area (Å²) in [5, 5.41) is 3.41. The van der Waals surface area contributed by atoms with E-state index >= 15 is 0 Å². The summed E-state index contributed by atoms with van der Waals surface area (Å²) in [4.78, 5) is 29.2. The number of hydrogen-bond acceptors (Lipinski definition) is 4. The summed E-state index contributed by atoms with van der Waals surface area (Å²) in [6.07, 6.45) is 6.96. The predicted octanol–water partition coefficient (Wildman–Crippen LogP) is 0.862. The third-order valence-electron chi connectivity index (χ3n) is 7.02. The van der Waals surface area contributed by atoms with Crippen LogP contribution in [0.2, 0.25) is 0 Å². The van der Waals surface area contributed by atoms with E-state index in [-0.39, 0.29) is 23.3 Å². The number of likely N-dealkylation sites (tertiary alicyclic amines) is 2. The molecule has 1 aliphatic carbocycles. The lowest BCUT2D eigenvalue weighted by atomic mass is 9.80. The van der Waals surface area contributed by atoms with Gasteiger partial charge in [-0.1, -0.05) is 0 Å². The molecule has 0 radical (unpaired) electrons. The minimum absolute atomic E-state index is 0.105. The Labute approximate surface area is 150 Å². The molecule has 1 N–H and O–H groups in total. The number of rotatable bonds is 2. The zero-order valence-electron chi connectivity index (χ0n) is 15.3. The number of amides is 2. The molecule has 1 saturated carbocycles. The Morgan fingerprint density at radius 2 is 1.72 bits per heavy atom. The van der Waals surface area contributed by atoms with Gasteiger partial charge in [0.2, 0.25) is 0 Å². The van der Waals surface area contributed by atoms with Crippen molar-refractivity contribution in [1.82, 2.24) is 15.1 Å². The van der Waals surface area contributed by atoms with Gasteiger partial charge in [-0.05, 0) is 63.5 Å². The first kappa shape index (κ1) is 17.3. The van der Waals surface area contributed by atoms with Gasteiger partial charge in [-0.2, -0.15) is 0 Å². The van der Waals surface area contributed by atoms with E-state index in [0.717, 1.165) is 45.4 Å². The summed E-state index contributed by atoms with van der Waals surface area (Å²) in [6.45, 7) is 4.94. The Morgan fingerprint density at radius 1 is 1.00 bits per heavy atom. The van der Waals surface area contributed by atoms with Crippen LogP contribution >= 0.6 is 0 Å². The monoisotopic (exact) mass is 349 g/mol. The zero-order chi connectivity index (χ0) is 17.4. The second kappa shape index (κ2) is 6.88. The molecule has 2 amide bonds. The number of hydrogen-bond donors (Lipinski definition) is 1. The molecule has 2 unspecified atom stereocenters. The third kappa shape index (κ3) is 3.31. The average Bonchev–Trinajstić information content (AvgIpc) is 3.34. The molecule has 0 aromatic rings. The molecule has 3 heterocycles. The molecule has 2 atom stereocenters. The van der Waals surface area contributed by atoms with Crippen molar-refractivity contribution >= 4 is 11.8 Å². The van der Waals surface area contributed by atoms with Crippen molar-refractivity contribution in [2.45, 2.75) is 44.6 Å². The van der Waals surface area contributed by atoms with Crippen LogP contribution < -0.4 is 5.32 Å². The SMILES string of the molecule is COC1CN(C(=O)C(=O)N2CCCC(C3CCNCC3)C2)CC12CC2. The van der Waals surface area contributed by atoms with Crippen LogP contribution in [0.4, 0.5) is 0 Å². The van der Waals surface area contributed by atoms with E-state index in [0.29, 0.717) is 24.9 Å². The van der Waals surface area contributed by atoms with E-state index in [9.17, 15) is 9.59 Å². The van der Waals surface area contributed by atoms with Crippen LogP contribution in [0, 0.1) is 17.3 Å². The molecule has 0 bridgehead atoms. The molecular formula is C19H31N3O3. The van der Waals surface area contributed by atoms with Gasteiger partial charge in [0.25, 0.3) is 0 Å². The van der Waals surface area contributed by atoms with Gasteiger partial charge < -0.3 is 19.9 Å². The highest BCUT2D eigenvalue weighted by Gasteiger charge is 2.57. The summed E-state index contributed by atoms with van der Waals surface area (Å²) in [5.41, 5.74) is 0.143. The largest absolute Gasteiger partial charge is 0.379 e. The highest BCUT2D eigenvalue weighted by molar-refractivity contribution is 6.35. The molecule has 1 spiro atoms. The van der Waals surface area contributed by atoms with Gasteiger partial charge in [-0.25, -0.2) is 0 Å². The Morgan fingerprint density at radius 3 is 2.36 bits per heavy atom. The molecule has 140 valence electrons. The molecular weight excluding hydrogens is 318 g/mol. The molecule has 6 nitrogen and oxygen atoms in total. The van der Waals surface area contributed by atoms with Crippen LogP contribution in [0.1, 0.15) is 38.5 Å². The van der Waals surface area contributed by atoms with Crippen molar-refractivity contribution in [3.8, 4) is 0 Å². The summed E-state index contributed by atoms with van der Waals surface area (Å²) < 4.78 is 5.57. The normalized spacial score (nSPS) is 32.2. The summed E-state index contributed by atoms with van der Waals surface area (Å²) in [5.74, 6) is 0.669. The molecule has 0 aromatic carbocycles. The van der Waals surface area contributed by atoms with Crippen LogP contribution in [0.25, 0.3) is 0 Å². The van der Waals surface area contributed by atoms with Gasteiger partial charge in [-0.15, -0.1) is 0 Å². The van der Waals surface area contributed by atoms with Crippen molar-refractivity contribution in [2.24, 2.45) is 17.3 Å². The summed E-state index contributed by atoms with van der Waals surface area (Å²) in [7, 11) is 1.72. The van der Waals surface area contributed by atoms with Crippen LogP contribution in [-0.4, -0.2) is 74.1 Å². The second-order valence-electron chi connectivity index (χ2n) is 8.51. The van der Waals surface area contributed by atoms with E-state index in [1.54, 1.807) is 12.0 Å². The number of carbonyl (C=O) groups excluding carboxylic acids is 2. The number of methoxy groups -OCH3 is 1. The molecule has 4 rings (SSSR count). The molecule has 25 heavy (non-hydrogen) atoms. The van der Waals surface area contributed by atoms with E-state index in [1.807, 2.05) is 4.90 Å². The molecule has 0 aromatic heterocycles. The van der Waals surface area contributed by atoms with Crippen LogP contribution in [0.5, 0.6) is 0 Å². The molecule has 3 aliphatic heterocycles. The predicted molar refractivity (Wildman–Crippen MR) is 93.9 cm³/mol. The van der Waals surface area contributed by atoms with Gasteiger partial charge >= 0.3 is 11.8 Å². The van der Waals surface area contributed by atoms with Gasteiger partial charge in [0, 0.05) is 38.7 Å². The Kier molecular flexibility index (Phi) is 4.75. The maximum atomic E-state index is 12.8. The maximum absolute atomic E-state index is 12.8. The van der Waals surface area contributed by atoms with Crippen LogP contribution in [0.15, 0.2) is 0 Å². The fourth-order valence-corrected chi connectivity index (χ4v) is 5.23. The van der Waals surface area contributed by atoms with Gasteiger partial charge in [0.15, 0.2) is 0 Å². The molecule has 4 fully saturated rings. The number of carbonyl (C=O) groups is 2. The second-order valence-corrected chi connectivity index (χ2v) is 8.51. The van der Waals surface area contributed by atoms with Crippen LogP contribution in [-0.2, 0) is 14.3 Å². The minimum atomic E-state index is -0.309. The first-order valence-electron chi connectivity index (χ1n) is 9.95. The average molecular weight is 349 g/mol. The molecule has 4 aliphatic rings. The summed E-state index contributed by atoms with van der Waals surface area (Å²) in [6, 6.07) is 0. The van der Waals surface area contributed by atoms with E-state index in [2.05, 4.69) is 5.32 Å². The van der Waals surface area contributed by atoms with Crippen molar-refractivity contribution in [2.75, 3.05) is 46.4 Å². The van der Waals surface area contributed by atoms with E-state index in [4.69, 9.17) is 4.74 Å². The number of ether oxygens (including phenoxy) is 1. The quantitative estimate of drug-likeness (QED) is 0.751. The minimum Gasteiger partial charge on any atom is -0.379 e. The van der Waals surface area contributed by atoms with Crippen molar-refractivity contribution in [1.29, 1.82) is 0 Å². The lowest BCUT2D eigenvalue weighted by molar-refractivity contribution is -0.152. The first-order chi connectivity index (χ1) is 12.1. The fourth-order valence-electron chi connectivity index (χ4n) is 5.23. The molecule has 6 heteroatoms. The van der Waals surface area contributed by atoms with Gasteiger partial charge in [0.1, 0.15) is 0 Å². The Balaban J connectivity index is 1.36. The van der Waals surface area contributed by atoms with E-state index < -0.39 is 0 Å². The first-order valence-corrected chi connectivity index (χ1v) is 9.95.